The third-order valence-corrected chi connectivity index (χ3v) is 5.56. The Balaban J connectivity index is 1.70. The molecule has 29 heavy (non-hydrogen) atoms. The van der Waals surface area contributed by atoms with Crippen LogP contribution in [0.15, 0.2) is 75.9 Å². The summed E-state index contributed by atoms with van der Waals surface area (Å²) in [5.41, 5.74) is 3.50. The first-order valence-electron chi connectivity index (χ1n) is 9.08. The minimum Gasteiger partial charge on any atom is -0.471 e. The molecule has 0 aliphatic carbocycles. The minimum atomic E-state index is -0.413. The second-order valence-electron chi connectivity index (χ2n) is 6.84. The van der Waals surface area contributed by atoms with Crippen molar-refractivity contribution < 1.29 is 9.15 Å². The van der Waals surface area contributed by atoms with Crippen molar-refractivity contribution in [1.29, 1.82) is 0 Å². The fourth-order valence-electron chi connectivity index (χ4n) is 3.66. The highest BCUT2D eigenvalue weighted by Gasteiger charge is 2.25. The van der Waals surface area contributed by atoms with Gasteiger partial charge in [-0.3, -0.25) is 0 Å². The molecule has 0 atom stereocenters. The average Bonchev–Trinajstić information content (AvgIpc) is 2.75. The molecule has 0 bridgehead atoms. The monoisotopic (exact) mass is 423 g/mol. The Kier molecular flexibility index (Phi) is 4.46. The van der Waals surface area contributed by atoms with Gasteiger partial charge in [0.05, 0.1) is 17.1 Å². The number of anilines is 1. The van der Waals surface area contributed by atoms with Crippen LogP contribution in [0.3, 0.4) is 0 Å². The normalized spacial score (nSPS) is 13.2. The van der Waals surface area contributed by atoms with Crippen LogP contribution in [0, 0.1) is 0 Å². The summed E-state index contributed by atoms with van der Waals surface area (Å²) >= 11 is 12.6. The van der Waals surface area contributed by atoms with E-state index in [1.165, 1.54) is 6.07 Å². The third-order valence-electron chi connectivity index (χ3n) is 5.03. The van der Waals surface area contributed by atoms with E-state index >= 15 is 0 Å². The van der Waals surface area contributed by atoms with E-state index in [0.717, 1.165) is 27.8 Å². The average molecular weight is 424 g/mol. The highest BCUT2D eigenvalue weighted by atomic mass is 35.5. The van der Waals surface area contributed by atoms with Crippen LogP contribution in [0.2, 0.25) is 10.0 Å². The molecule has 0 saturated carbocycles. The lowest BCUT2D eigenvalue weighted by Gasteiger charge is -2.31. The topological polar surface area (TPSA) is 42.7 Å². The van der Waals surface area contributed by atoms with Crippen molar-refractivity contribution in [3.05, 3.63) is 92.8 Å². The summed E-state index contributed by atoms with van der Waals surface area (Å²) in [6.45, 7) is 0.831. The molecule has 0 spiro atoms. The molecule has 0 amide bonds. The van der Waals surface area contributed by atoms with E-state index in [1.807, 2.05) is 59.5 Å². The quantitative estimate of drug-likeness (QED) is 0.364. The molecular weight excluding hydrogens is 409 g/mol. The highest BCUT2D eigenvalue weighted by molar-refractivity contribution is 6.33. The lowest BCUT2D eigenvalue weighted by atomic mass is 9.99. The molecule has 0 radical (unpaired) electrons. The number of hydrogen-bond acceptors (Lipinski definition) is 4. The number of rotatable bonds is 2. The largest absolute Gasteiger partial charge is 0.471 e. The second-order valence-corrected chi connectivity index (χ2v) is 7.68. The molecule has 3 aromatic carbocycles. The third kappa shape index (κ3) is 3.24. The van der Waals surface area contributed by atoms with Gasteiger partial charge in [0, 0.05) is 22.2 Å². The summed E-state index contributed by atoms with van der Waals surface area (Å²) in [5.74, 6) is 0.553. The van der Waals surface area contributed by atoms with E-state index in [0.29, 0.717) is 34.7 Å². The van der Waals surface area contributed by atoms with E-state index in [2.05, 4.69) is 0 Å². The van der Waals surface area contributed by atoms with Crippen LogP contribution in [0.25, 0.3) is 22.1 Å². The predicted molar refractivity (Wildman–Crippen MR) is 116 cm³/mol. The van der Waals surface area contributed by atoms with Crippen LogP contribution >= 0.6 is 23.2 Å². The fourth-order valence-corrected chi connectivity index (χ4v) is 4.07. The van der Waals surface area contributed by atoms with Crippen LogP contribution in [-0.2, 0) is 6.54 Å². The molecule has 6 heteroatoms. The lowest BCUT2D eigenvalue weighted by molar-refractivity contribution is 0.289. The van der Waals surface area contributed by atoms with Gasteiger partial charge in [0.1, 0.15) is 11.3 Å². The maximum absolute atomic E-state index is 12.4. The van der Waals surface area contributed by atoms with Crippen LogP contribution in [-0.4, -0.2) is 6.73 Å². The molecule has 1 aromatic heterocycles. The van der Waals surface area contributed by atoms with Gasteiger partial charge >= 0.3 is 5.63 Å². The van der Waals surface area contributed by atoms with Gasteiger partial charge in [-0.05, 0) is 41.5 Å². The van der Waals surface area contributed by atoms with Crippen molar-refractivity contribution in [2.75, 3.05) is 11.6 Å². The first-order chi connectivity index (χ1) is 14.1. The molecule has 144 valence electrons. The molecule has 2 heterocycles. The summed E-state index contributed by atoms with van der Waals surface area (Å²) in [7, 11) is 0. The van der Waals surface area contributed by atoms with E-state index in [1.54, 1.807) is 6.07 Å². The Labute approximate surface area is 176 Å². The maximum Gasteiger partial charge on any atom is 0.336 e. The fraction of sp³-hybridized carbons (Fsp3) is 0.0870. The van der Waals surface area contributed by atoms with Crippen molar-refractivity contribution in [3.8, 4) is 16.9 Å². The zero-order valence-electron chi connectivity index (χ0n) is 15.2. The van der Waals surface area contributed by atoms with Crippen molar-refractivity contribution in [2.24, 2.45) is 0 Å². The summed E-state index contributed by atoms with van der Waals surface area (Å²) in [6, 6.07) is 20.5. The van der Waals surface area contributed by atoms with E-state index in [9.17, 15) is 4.79 Å². The Morgan fingerprint density at radius 1 is 0.931 bits per heavy atom. The van der Waals surface area contributed by atoms with Crippen molar-refractivity contribution in [3.63, 3.8) is 0 Å². The molecule has 1 aliphatic rings. The highest BCUT2D eigenvalue weighted by Crippen LogP contribution is 2.42. The molecule has 1 aliphatic heterocycles. The SMILES string of the molecule is O=c1cc(-c2ccccc2)c2cc(Cl)c3c(c2o1)CN(c1ccc(Cl)cc1)CO3. The van der Waals surface area contributed by atoms with Crippen molar-refractivity contribution in [1.82, 2.24) is 0 Å². The van der Waals surface area contributed by atoms with Crippen molar-refractivity contribution in [2.45, 2.75) is 6.54 Å². The molecule has 5 rings (SSSR count). The Bertz CT molecular complexity index is 1270. The minimum absolute atomic E-state index is 0.336. The van der Waals surface area contributed by atoms with Crippen molar-refractivity contribution >= 4 is 39.9 Å². The van der Waals surface area contributed by atoms with Gasteiger partial charge in [0.15, 0.2) is 6.73 Å². The summed E-state index contributed by atoms with van der Waals surface area (Å²) in [5, 5.41) is 1.94. The molecule has 4 aromatic rings. The summed E-state index contributed by atoms with van der Waals surface area (Å²) < 4.78 is 11.6. The first-order valence-corrected chi connectivity index (χ1v) is 9.84. The number of ether oxygens (including phenoxy) is 1. The van der Waals surface area contributed by atoms with Gasteiger partial charge in [0.2, 0.25) is 0 Å². The molecule has 0 saturated heterocycles. The zero-order valence-corrected chi connectivity index (χ0v) is 16.7. The second kappa shape index (κ2) is 7.14. The van der Waals surface area contributed by atoms with Crippen LogP contribution < -0.4 is 15.3 Å². The maximum atomic E-state index is 12.4. The number of halogens is 2. The van der Waals surface area contributed by atoms with Crippen LogP contribution in [0.4, 0.5) is 5.69 Å². The van der Waals surface area contributed by atoms with Crippen LogP contribution in [0.5, 0.6) is 5.75 Å². The van der Waals surface area contributed by atoms with Gasteiger partial charge in [-0.1, -0.05) is 53.5 Å². The molecule has 0 unspecified atom stereocenters. The molecule has 0 fully saturated rings. The summed E-state index contributed by atoms with van der Waals surface area (Å²) in [4.78, 5) is 14.4. The zero-order chi connectivity index (χ0) is 20.0. The van der Waals surface area contributed by atoms with Gasteiger partial charge in [-0.2, -0.15) is 0 Å². The molecule has 4 nitrogen and oxygen atoms in total. The van der Waals surface area contributed by atoms with E-state index in [4.69, 9.17) is 32.4 Å². The standard InChI is InChI=1S/C23H15Cl2NO3/c24-15-6-8-16(9-7-15)26-12-19-22-18(10-20(25)23(19)28-13-26)17(11-21(27)29-22)14-4-2-1-3-5-14/h1-11H,12-13H2. The number of benzene rings is 3. The van der Waals surface area contributed by atoms with Gasteiger partial charge in [0.25, 0.3) is 0 Å². The number of fused-ring (bicyclic) bond motifs is 3. The van der Waals surface area contributed by atoms with Gasteiger partial charge in [-0.25, -0.2) is 4.79 Å². The Morgan fingerprint density at radius 2 is 1.69 bits per heavy atom. The Morgan fingerprint density at radius 3 is 2.45 bits per heavy atom. The predicted octanol–water partition coefficient (Wildman–Crippen LogP) is 6.12. The summed E-state index contributed by atoms with van der Waals surface area (Å²) in [6.07, 6.45) is 0. The molecule has 0 N–H and O–H groups in total. The van der Waals surface area contributed by atoms with Crippen LogP contribution in [0.1, 0.15) is 5.56 Å². The van der Waals surface area contributed by atoms with E-state index in [-0.39, 0.29) is 0 Å². The lowest BCUT2D eigenvalue weighted by Crippen LogP contribution is -2.32. The molecular formula is C23H15Cl2NO3. The first kappa shape index (κ1) is 18.1. The van der Waals surface area contributed by atoms with E-state index < -0.39 is 5.63 Å². The smallest absolute Gasteiger partial charge is 0.336 e. The van der Waals surface area contributed by atoms with Gasteiger partial charge in [-0.15, -0.1) is 0 Å². The van der Waals surface area contributed by atoms with Gasteiger partial charge < -0.3 is 14.1 Å². The number of nitrogens with zero attached hydrogens (tertiary/aromatic N) is 1. The Hall–Kier alpha value is -2.95. The number of hydrogen-bond donors (Lipinski definition) is 0.